The van der Waals surface area contributed by atoms with Crippen LogP contribution in [0.25, 0.3) is 27.8 Å². The molecule has 0 unspecified atom stereocenters. The highest BCUT2D eigenvalue weighted by Crippen LogP contribution is 2.35. The van der Waals surface area contributed by atoms with Gasteiger partial charge in [0.1, 0.15) is 17.4 Å². The minimum Gasteiger partial charge on any atom is -0.507 e. The van der Waals surface area contributed by atoms with Gasteiger partial charge in [-0.15, -0.1) is 0 Å². The van der Waals surface area contributed by atoms with Crippen LogP contribution in [0.4, 0.5) is 10.2 Å². The van der Waals surface area contributed by atoms with Gasteiger partial charge in [0.05, 0.1) is 33.5 Å². The maximum Gasteiger partial charge on any atom is 0.354 e. The lowest BCUT2D eigenvalue weighted by Crippen LogP contribution is -2.54. The molecule has 1 atom stereocenters. The zero-order chi connectivity index (χ0) is 28.7. The summed E-state index contributed by atoms with van der Waals surface area (Å²) in [5.41, 5.74) is 2.21. The van der Waals surface area contributed by atoms with E-state index in [0.29, 0.717) is 42.0 Å². The number of piperazine rings is 1. The molecule has 5 rings (SSSR count). The first-order valence-electron chi connectivity index (χ1n) is 13.2. The third-order valence-corrected chi connectivity index (χ3v) is 7.32. The Bertz CT molecular complexity index is 1680. The molecule has 1 aliphatic rings. The number of rotatable bonds is 5. The van der Waals surface area contributed by atoms with Gasteiger partial charge in [0, 0.05) is 38.1 Å². The first kappa shape index (κ1) is 27.0. The number of aromatic hydroxyl groups is 1. The molecule has 1 N–H and O–H groups in total. The van der Waals surface area contributed by atoms with Crippen molar-refractivity contribution in [1.29, 1.82) is 0 Å². The van der Waals surface area contributed by atoms with Crippen LogP contribution in [0.5, 0.6) is 5.75 Å². The van der Waals surface area contributed by atoms with Crippen molar-refractivity contribution in [3.8, 4) is 22.7 Å². The number of nitrogens with zero attached hydrogens (tertiary/aromatic N) is 6. The summed E-state index contributed by atoms with van der Waals surface area (Å²) >= 11 is 0. The second-order valence-electron chi connectivity index (χ2n) is 10.3. The summed E-state index contributed by atoms with van der Waals surface area (Å²) in [5, 5.41) is 11.1. The predicted molar refractivity (Wildman–Crippen MR) is 152 cm³/mol. The topological polar surface area (TPSA) is 104 Å². The number of fused-ring (bicyclic) bond motifs is 1. The van der Waals surface area contributed by atoms with E-state index in [2.05, 4.69) is 21.5 Å². The first-order chi connectivity index (χ1) is 19.1. The molecule has 1 amide bonds. The molecule has 3 aromatic heterocycles. The van der Waals surface area contributed by atoms with Crippen molar-refractivity contribution in [1.82, 2.24) is 24.4 Å². The predicted octanol–water partition coefficient (Wildman–Crippen LogP) is 4.34. The standard InChI is InChI=1S/C30H31FN6O3/c1-6-25(39)35-12-13-36(19(5)16-35)29-20-15-33-22(26-21(31)8-7-9-24(26)38)14-23(20)37(30(40)34-29)28-18(4)10-11-32-27(28)17(2)3/h6-11,14-15,17,19,38H,1,12-13,16H2,2-5H3/t19-/m0/s1. The molecule has 0 radical (unpaired) electrons. The zero-order valence-electron chi connectivity index (χ0n) is 22.9. The van der Waals surface area contributed by atoms with E-state index in [9.17, 15) is 19.1 Å². The molecule has 40 heavy (non-hydrogen) atoms. The summed E-state index contributed by atoms with van der Waals surface area (Å²) in [4.78, 5) is 43.4. The maximum atomic E-state index is 14.9. The molecular weight excluding hydrogens is 511 g/mol. The van der Waals surface area contributed by atoms with E-state index in [1.165, 1.54) is 28.8 Å². The Morgan fingerprint density at radius 2 is 2.00 bits per heavy atom. The molecular formula is C30H31FN6O3. The van der Waals surface area contributed by atoms with E-state index in [-0.39, 0.29) is 34.9 Å². The second-order valence-corrected chi connectivity index (χ2v) is 10.3. The van der Waals surface area contributed by atoms with Gasteiger partial charge in [-0.05, 0) is 55.7 Å². The molecule has 1 aliphatic heterocycles. The van der Waals surface area contributed by atoms with Crippen LogP contribution in [-0.2, 0) is 4.79 Å². The number of pyridine rings is 2. The maximum absolute atomic E-state index is 14.9. The van der Waals surface area contributed by atoms with Crippen molar-refractivity contribution >= 4 is 22.6 Å². The number of aromatic nitrogens is 4. The van der Waals surface area contributed by atoms with Crippen molar-refractivity contribution in [2.24, 2.45) is 0 Å². The molecule has 9 nitrogen and oxygen atoms in total. The number of hydrogen-bond acceptors (Lipinski definition) is 7. The second kappa shape index (κ2) is 10.5. The lowest BCUT2D eigenvalue weighted by molar-refractivity contribution is -0.126. The highest BCUT2D eigenvalue weighted by Gasteiger charge is 2.30. The molecule has 206 valence electrons. The normalized spacial score (nSPS) is 15.6. The summed E-state index contributed by atoms with van der Waals surface area (Å²) in [7, 11) is 0. The average molecular weight is 543 g/mol. The van der Waals surface area contributed by atoms with Crippen LogP contribution in [0.3, 0.4) is 0 Å². The molecule has 1 aromatic carbocycles. The van der Waals surface area contributed by atoms with Crippen LogP contribution >= 0.6 is 0 Å². The zero-order valence-corrected chi connectivity index (χ0v) is 22.9. The summed E-state index contributed by atoms with van der Waals surface area (Å²) < 4.78 is 16.4. The Balaban J connectivity index is 1.79. The molecule has 0 bridgehead atoms. The Hall–Kier alpha value is -4.60. The lowest BCUT2D eigenvalue weighted by atomic mass is 10.0. The molecule has 0 aliphatic carbocycles. The first-order valence-corrected chi connectivity index (χ1v) is 13.2. The number of phenols is 1. The fourth-order valence-corrected chi connectivity index (χ4v) is 5.33. The molecule has 0 saturated carbocycles. The number of halogens is 1. The third kappa shape index (κ3) is 4.59. The highest BCUT2D eigenvalue weighted by molar-refractivity contribution is 5.93. The monoisotopic (exact) mass is 542 g/mol. The number of benzene rings is 1. The van der Waals surface area contributed by atoms with Crippen LogP contribution in [0.1, 0.15) is 37.9 Å². The van der Waals surface area contributed by atoms with Crippen molar-refractivity contribution < 1.29 is 14.3 Å². The van der Waals surface area contributed by atoms with Gasteiger partial charge in [-0.1, -0.05) is 26.5 Å². The van der Waals surface area contributed by atoms with Gasteiger partial charge >= 0.3 is 5.69 Å². The molecule has 1 saturated heterocycles. The largest absolute Gasteiger partial charge is 0.507 e. The fraction of sp³-hybridized carbons (Fsp3) is 0.300. The number of carbonyl (C=O) groups is 1. The number of phenolic OH excluding ortho intramolecular Hbond substituents is 1. The molecule has 0 spiro atoms. The van der Waals surface area contributed by atoms with E-state index in [1.807, 2.05) is 38.7 Å². The summed E-state index contributed by atoms with van der Waals surface area (Å²) in [6, 6.07) is 7.35. The highest BCUT2D eigenvalue weighted by atomic mass is 19.1. The molecule has 4 heterocycles. The van der Waals surface area contributed by atoms with E-state index < -0.39 is 11.5 Å². The Morgan fingerprint density at radius 3 is 2.67 bits per heavy atom. The molecule has 10 heteroatoms. The van der Waals surface area contributed by atoms with Crippen molar-refractivity contribution in [3.05, 3.63) is 82.9 Å². The number of anilines is 1. The number of amides is 1. The SMILES string of the molecule is C=CC(=O)N1CCN(c2nc(=O)n(-c3c(C)ccnc3C(C)C)c3cc(-c4c(O)cccc4F)ncc23)[C@@H](C)C1. The van der Waals surface area contributed by atoms with E-state index in [4.69, 9.17) is 0 Å². The van der Waals surface area contributed by atoms with Crippen LogP contribution in [-0.4, -0.2) is 61.1 Å². The third-order valence-electron chi connectivity index (χ3n) is 7.32. The smallest absolute Gasteiger partial charge is 0.354 e. The quantitative estimate of drug-likeness (QED) is 0.374. The molecule has 1 fully saturated rings. The van der Waals surface area contributed by atoms with Crippen molar-refractivity contribution in [2.45, 2.75) is 39.7 Å². The summed E-state index contributed by atoms with van der Waals surface area (Å²) in [6.45, 7) is 12.8. The van der Waals surface area contributed by atoms with Gasteiger partial charge in [0.2, 0.25) is 5.91 Å². The lowest BCUT2D eigenvalue weighted by Gasteiger charge is -2.40. The Kier molecular flexibility index (Phi) is 7.10. The van der Waals surface area contributed by atoms with Crippen molar-refractivity contribution in [3.63, 3.8) is 0 Å². The fourth-order valence-electron chi connectivity index (χ4n) is 5.33. The minimum atomic E-state index is -0.632. The minimum absolute atomic E-state index is 0.00365. The number of carbonyl (C=O) groups excluding carboxylic acids is 1. The Labute approximate surface area is 231 Å². The Morgan fingerprint density at radius 1 is 1.23 bits per heavy atom. The van der Waals surface area contributed by atoms with Crippen LogP contribution in [0.15, 0.2) is 60.2 Å². The van der Waals surface area contributed by atoms with E-state index in [1.54, 1.807) is 23.4 Å². The number of hydrogen-bond donors (Lipinski definition) is 1. The van der Waals surface area contributed by atoms with Gasteiger partial charge in [-0.25, -0.2) is 9.18 Å². The van der Waals surface area contributed by atoms with Gasteiger partial charge in [0.15, 0.2) is 0 Å². The number of aryl methyl sites for hydroxylation is 1. The van der Waals surface area contributed by atoms with E-state index in [0.717, 1.165) is 11.3 Å². The van der Waals surface area contributed by atoms with Gasteiger partial charge < -0.3 is 14.9 Å². The van der Waals surface area contributed by atoms with Crippen LogP contribution in [0.2, 0.25) is 0 Å². The average Bonchev–Trinajstić information content (AvgIpc) is 2.92. The summed E-state index contributed by atoms with van der Waals surface area (Å²) in [5.74, 6) is -0.606. The van der Waals surface area contributed by atoms with Crippen molar-refractivity contribution in [2.75, 3.05) is 24.5 Å². The van der Waals surface area contributed by atoms with E-state index >= 15 is 0 Å². The van der Waals surface area contributed by atoms with Gasteiger partial charge in [-0.3, -0.25) is 19.3 Å². The molecule has 4 aromatic rings. The van der Waals surface area contributed by atoms with Crippen LogP contribution < -0.4 is 10.6 Å². The van der Waals surface area contributed by atoms with Crippen LogP contribution in [0, 0.1) is 12.7 Å². The van der Waals surface area contributed by atoms with Gasteiger partial charge in [-0.2, -0.15) is 4.98 Å². The van der Waals surface area contributed by atoms with Gasteiger partial charge in [0.25, 0.3) is 0 Å². The summed E-state index contributed by atoms with van der Waals surface area (Å²) in [6.07, 6.45) is 4.56.